The first-order valence-electron chi connectivity index (χ1n) is 10.5. The number of carbonyl (C=O) groups excluding carboxylic acids is 1. The number of hydrogen-bond acceptors (Lipinski definition) is 7. The molecule has 0 aliphatic carbocycles. The van der Waals surface area contributed by atoms with Crippen molar-refractivity contribution in [3.63, 3.8) is 0 Å². The Morgan fingerprint density at radius 3 is 2.73 bits per heavy atom. The fourth-order valence-corrected chi connectivity index (χ4v) is 5.03. The van der Waals surface area contributed by atoms with Gasteiger partial charge < -0.3 is 10.1 Å². The van der Waals surface area contributed by atoms with E-state index in [0.29, 0.717) is 34.2 Å². The van der Waals surface area contributed by atoms with Crippen LogP contribution in [0.15, 0.2) is 58.5 Å². The molecule has 0 atom stereocenters. The van der Waals surface area contributed by atoms with E-state index in [9.17, 15) is 9.59 Å². The van der Waals surface area contributed by atoms with E-state index in [4.69, 9.17) is 9.72 Å². The lowest BCUT2D eigenvalue weighted by molar-refractivity contribution is -0.118. The van der Waals surface area contributed by atoms with Crippen LogP contribution in [0.2, 0.25) is 0 Å². The highest BCUT2D eigenvalue weighted by Gasteiger charge is 2.18. The SMILES string of the molecule is CCn1c(SCC(=O)NCc2cccc(OC)c2)nc2c(-c3ccc(C)cc3)nsc2c1=O. The molecule has 0 unspecified atom stereocenters. The maximum Gasteiger partial charge on any atom is 0.273 e. The van der Waals surface area contributed by atoms with Crippen molar-refractivity contribution in [3.8, 4) is 17.0 Å². The molecule has 170 valence electrons. The summed E-state index contributed by atoms with van der Waals surface area (Å²) in [5.74, 6) is 0.760. The Labute approximate surface area is 200 Å². The second-order valence-corrected chi connectivity index (χ2v) is 9.15. The maximum absolute atomic E-state index is 13.1. The molecule has 2 aromatic carbocycles. The van der Waals surface area contributed by atoms with Crippen molar-refractivity contribution in [3.05, 3.63) is 70.0 Å². The molecule has 0 saturated carbocycles. The molecular weight excluding hydrogens is 456 g/mol. The average molecular weight is 481 g/mol. The number of carbonyl (C=O) groups is 1. The van der Waals surface area contributed by atoms with Gasteiger partial charge in [-0.1, -0.05) is 53.7 Å². The van der Waals surface area contributed by atoms with Crippen molar-refractivity contribution < 1.29 is 9.53 Å². The van der Waals surface area contributed by atoms with Gasteiger partial charge in [-0.05, 0) is 43.1 Å². The van der Waals surface area contributed by atoms with E-state index in [2.05, 4.69) is 9.69 Å². The number of ether oxygens (including phenoxy) is 1. The number of rotatable bonds is 8. The topological polar surface area (TPSA) is 86.1 Å². The normalized spacial score (nSPS) is 11.0. The molecule has 4 aromatic rings. The Morgan fingerprint density at radius 2 is 2.00 bits per heavy atom. The van der Waals surface area contributed by atoms with Crippen LogP contribution in [-0.4, -0.2) is 32.7 Å². The van der Waals surface area contributed by atoms with Crippen LogP contribution >= 0.6 is 23.3 Å². The van der Waals surface area contributed by atoms with Crippen LogP contribution in [-0.2, 0) is 17.9 Å². The highest BCUT2D eigenvalue weighted by Crippen LogP contribution is 2.29. The number of methoxy groups -OCH3 is 1. The summed E-state index contributed by atoms with van der Waals surface area (Å²) in [4.78, 5) is 30.3. The lowest BCUT2D eigenvalue weighted by Gasteiger charge is -2.10. The summed E-state index contributed by atoms with van der Waals surface area (Å²) in [6.07, 6.45) is 0. The first-order chi connectivity index (χ1) is 16.0. The van der Waals surface area contributed by atoms with Crippen molar-refractivity contribution in [2.45, 2.75) is 32.1 Å². The number of nitrogens with zero attached hydrogens (tertiary/aromatic N) is 3. The number of benzene rings is 2. The van der Waals surface area contributed by atoms with E-state index >= 15 is 0 Å². The number of fused-ring (bicyclic) bond motifs is 1. The van der Waals surface area contributed by atoms with Gasteiger partial charge in [0.25, 0.3) is 5.56 Å². The molecule has 0 radical (unpaired) electrons. The summed E-state index contributed by atoms with van der Waals surface area (Å²) in [5.41, 5.74) is 4.16. The number of nitrogens with one attached hydrogen (secondary N) is 1. The third kappa shape index (κ3) is 5.09. The predicted molar refractivity (Wildman–Crippen MR) is 133 cm³/mol. The first-order valence-corrected chi connectivity index (χ1v) is 12.3. The van der Waals surface area contributed by atoms with Gasteiger partial charge in [0.05, 0.1) is 12.9 Å². The second-order valence-electron chi connectivity index (χ2n) is 7.44. The predicted octanol–water partition coefficient (Wildman–Crippen LogP) is 4.27. The molecule has 0 spiro atoms. The van der Waals surface area contributed by atoms with Crippen molar-refractivity contribution in [1.29, 1.82) is 0 Å². The Bertz CT molecular complexity index is 1350. The zero-order valence-corrected chi connectivity index (χ0v) is 20.3. The van der Waals surface area contributed by atoms with E-state index in [1.165, 1.54) is 23.3 Å². The molecule has 0 fully saturated rings. The Kier molecular flexibility index (Phi) is 7.10. The summed E-state index contributed by atoms with van der Waals surface area (Å²) in [5, 5.41) is 3.42. The third-order valence-electron chi connectivity index (χ3n) is 5.14. The maximum atomic E-state index is 13.1. The van der Waals surface area contributed by atoms with Crippen LogP contribution in [0, 0.1) is 6.92 Å². The smallest absolute Gasteiger partial charge is 0.273 e. The number of aromatic nitrogens is 3. The summed E-state index contributed by atoms with van der Waals surface area (Å²) < 4.78 is 11.9. The molecule has 0 aliphatic rings. The van der Waals surface area contributed by atoms with Gasteiger partial charge in [-0.25, -0.2) is 4.98 Å². The molecule has 1 N–H and O–H groups in total. The van der Waals surface area contributed by atoms with E-state index < -0.39 is 0 Å². The molecule has 1 amide bonds. The van der Waals surface area contributed by atoms with E-state index in [0.717, 1.165) is 22.4 Å². The largest absolute Gasteiger partial charge is 0.497 e. The zero-order valence-electron chi connectivity index (χ0n) is 18.6. The van der Waals surface area contributed by atoms with Gasteiger partial charge in [0.15, 0.2) is 5.16 Å². The lowest BCUT2D eigenvalue weighted by atomic mass is 10.1. The van der Waals surface area contributed by atoms with Gasteiger partial charge in [0.1, 0.15) is 21.7 Å². The van der Waals surface area contributed by atoms with Crippen molar-refractivity contribution in [1.82, 2.24) is 19.2 Å². The van der Waals surface area contributed by atoms with Gasteiger partial charge in [0.2, 0.25) is 5.91 Å². The van der Waals surface area contributed by atoms with Gasteiger partial charge in [-0.15, -0.1) is 0 Å². The summed E-state index contributed by atoms with van der Waals surface area (Å²) >= 11 is 2.42. The van der Waals surface area contributed by atoms with Crippen LogP contribution < -0.4 is 15.6 Å². The number of hydrogen-bond donors (Lipinski definition) is 1. The average Bonchev–Trinajstić information content (AvgIpc) is 3.26. The summed E-state index contributed by atoms with van der Waals surface area (Å²) in [6.45, 7) is 4.78. The van der Waals surface area contributed by atoms with Crippen LogP contribution in [0.25, 0.3) is 21.5 Å². The van der Waals surface area contributed by atoms with E-state index in [-0.39, 0.29) is 17.2 Å². The fraction of sp³-hybridized carbons (Fsp3) is 0.250. The third-order valence-corrected chi connectivity index (χ3v) is 6.94. The number of amides is 1. The van der Waals surface area contributed by atoms with Crippen molar-refractivity contribution in [2.24, 2.45) is 0 Å². The molecule has 0 aliphatic heterocycles. The Balaban J connectivity index is 1.53. The molecule has 33 heavy (non-hydrogen) atoms. The lowest BCUT2D eigenvalue weighted by Crippen LogP contribution is -2.26. The number of thioether (sulfide) groups is 1. The monoisotopic (exact) mass is 480 g/mol. The second kappa shape index (κ2) is 10.2. The highest BCUT2D eigenvalue weighted by atomic mass is 32.2. The van der Waals surface area contributed by atoms with Gasteiger partial charge >= 0.3 is 0 Å². The standard InChI is InChI=1S/C24H24N4O3S2/c1-4-28-23(30)22-21(20(27-33-22)17-10-8-15(2)9-11-17)26-24(28)32-14-19(29)25-13-16-6-5-7-18(12-16)31-3/h5-12H,4,13-14H2,1-3H3,(H,25,29). The molecule has 0 bridgehead atoms. The van der Waals surface area contributed by atoms with Gasteiger partial charge in [0, 0.05) is 18.7 Å². The minimum absolute atomic E-state index is 0.127. The van der Waals surface area contributed by atoms with Crippen molar-refractivity contribution >= 4 is 39.4 Å². The number of aryl methyl sites for hydroxylation is 1. The highest BCUT2D eigenvalue weighted by molar-refractivity contribution is 7.99. The van der Waals surface area contributed by atoms with Crippen LogP contribution in [0.4, 0.5) is 0 Å². The molecular formula is C24H24N4O3S2. The van der Waals surface area contributed by atoms with Crippen LogP contribution in [0.1, 0.15) is 18.1 Å². The fourth-order valence-electron chi connectivity index (χ4n) is 3.35. The quantitative estimate of drug-likeness (QED) is 0.300. The van der Waals surface area contributed by atoms with E-state index in [1.807, 2.05) is 62.4 Å². The zero-order chi connectivity index (χ0) is 23.4. The molecule has 0 saturated heterocycles. The molecule has 9 heteroatoms. The summed E-state index contributed by atoms with van der Waals surface area (Å²) in [6, 6.07) is 15.5. The van der Waals surface area contributed by atoms with Gasteiger partial charge in [-0.3, -0.25) is 14.2 Å². The van der Waals surface area contributed by atoms with E-state index in [1.54, 1.807) is 11.7 Å². The molecule has 2 heterocycles. The Hall–Kier alpha value is -3.17. The van der Waals surface area contributed by atoms with Crippen molar-refractivity contribution in [2.75, 3.05) is 12.9 Å². The Morgan fingerprint density at radius 1 is 1.21 bits per heavy atom. The molecule has 2 aromatic heterocycles. The first kappa shape index (κ1) is 23.0. The van der Waals surface area contributed by atoms with Crippen LogP contribution in [0.5, 0.6) is 5.75 Å². The minimum atomic E-state index is -0.137. The summed E-state index contributed by atoms with van der Waals surface area (Å²) in [7, 11) is 1.61. The minimum Gasteiger partial charge on any atom is -0.497 e. The van der Waals surface area contributed by atoms with Gasteiger partial charge in [-0.2, -0.15) is 4.37 Å². The van der Waals surface area contributed by atoms with Crippen LogP contribution in [0.3, 0.4) is 0 Å². The molecule has 7 nitrogen and oxygen atoms in total. The molecule has 4 rings (SSSR count).